The predicted molar refractivity (Wildman–Crippen MR) is 77.6 cm³/mol. The first-order valence-corrected chi connectivity index (χ1v) is 7.54. The number of carbonyl (C=O) groups excluding carboxylic acids is 1. The van der Waals surface area contributed by atoms with Crippen LogP contribution >= 0.6 is 0 Å². The molecule has 108 valence electrons. The third-order valence-electron chi connectivity index (χ3n) is 3.64. The molecule has 2 aliphatic carbocycles. The number of ether oxygens (including phenoxy) is 1. The van der Waals surface area contributed by atoms with Crippen molar-refractivity contribution in [2.24, 2.45) is 0 Å². The highest BCUT2D eigenvalue weighted by atomic mass is 16.5. The van der Waals surface area contributed by atoms with Gasteiger partial charge in [0.1, 0.15) is 5.75 Å². The van der Waals surface area contributed by atoms with Crippen molar-refractivity contribution < 1.29 is 9.53 Å². The first kappa shape index (κ1) is 13.4. The second-order valence-corrected chi connectivity index (χ2v) is 5.74. The molecule has 1 amide bonds. The van der Waals surface area contributed by atoms with Gasteiger partial charge in [-0.1, -0.05) is 12.1 Å². The van der Waals surface area contributed by atoms with Crippen LogP contribution in [0.1, 0.15) is 37.7 Å². The summed E-state index contributed by atoms with van der Waals surface area (Å²) in [5.41, 5.74) is 1.27. The van der Waals surface area contributed by atoms with Gasteiger partial charge < -0.3 is 15.4 Å². The molecule has 0 radical (unpaired) electrons. The molecule has 0 aliphatic heterocycles. The maximum Gasteiger partial charge on any atom is 0.223 e. The smallest absolute Gasteiger partial charge is 0.223 e. The minimum Gasteiger partial charge on any atom is -0.493 e. The normalized spacial score (nSPS) is 17.8. The van der Waals surface area contributed by atoms with Gasteiger partial charge in [-0.15, -0.1) is 0 Å². The Hall–Kier alpha value is -1.55. The highest BCUT2D eigenvalue weighted by Crippen LogP contribution is 2.20. The average molecular weight is 274 g/mol. The molecule has 2 aliphatic rings. The van der Waals surface area contributed by atoms with E-state index in [4.69, 9.17) is 4.74 Å². The lowest BCUT2D eigenvalue weighted by molar-refractivity contribution is -0.121. The van der Waals surface area contributed by atoms with Gasteiger partial charge >= 0.3 is 0 Å². The first-order chi connectivity index (χ1) is 9.79. The number of amides is 1. The van der Waals surface area contributed by atoms with Crippen LogP contribution in [0.4, 0.5) is 0 Å². The number of rotatable bonds is 8. The van der Waals surface area contributed by atoms with Gasteiger partial charge in [0.15, 0.2) is 0 Å². The molecule has 1 aromatic rings. The predicted octanol–water partition coefficient (Wildman–Crippen LogP) is 1.99. The van der Waals surface area contributed by atoms with Gasteiger partial charge in [0.2, 0.25) is 5.91 Å². The lowest BCUT2D eigenvalue weighted by Gasteiger charge is -2.08. The Morgan fingerprint density at radius 3 is 2.45 bits per heavy atom. The van der Waals surface area contributed by atoms with Crippen LogP contribution in [0.2, 0.25) is 0 Å². The lowest BCUT2D eigenvalue weighted by Crippen LogP contribution is -2.26. The molecule has 4 nitrogen and oxygen atoms in total. The van der Waals surface area contributed by atoms with Crippen LogP contribution in [0.5, 0.6) is 5.75 Å². The largest absolute Gasteiger partial charge is 0.493 e. The molecule has 0 heterocycles. The van der Waals surface area contributed by atoms with Gasteiger partial charge in [-0.05, 0) is 43.4 Å². The Morgan fingerprint density at radius 2 is 1.80 bits per heavy atom. The SMILES string of the molecule is O=C(CCOc1ccc(CNC2CC2)cc1)NC1CC1. The Balaban J connectivity index is 1.34. The molecular formula is C16H22N2O2. The molecule has 0 spiro atoms. The maximum atomic E-state index is 11.5. The molecule has 2 N–H and O–H groups in total. The minimum absolute atomic E-state index is 0.0951. The van der Waals surface area contributed by atoms with Crippen LogP contribution < -0.4 is 15.4 Å². The standard InChI is InChI=1S/C16H22N2O2/c19-16(18-14-5-6-14)9-10-20-15-7-1-12(2-8-15)11-17-13-3-4-13/h1-2,7-8,13-14,17H,3-6,9-11H2,(H,18,19). The van der Waals surface area contributed by atoms with E-state index in [1.54, 1.807) is 0 Å². The number of benzene rings is 1. The van der Waals surface area contributed by atoms with Crippen LogP contribution in [0.15, 0.2) is 24.3 Å². The van der Waals surface area contributed by atoms with Crippen LogP contribution in [0.3, 0.4) is 0 Å². The summed E-state index contributed by atoms with van der Waals surface area (Å²) in [6.07, 6.45) is 5.31. The van der Waals surface area contributed by atoms with Crippen molar-refractivity contribution in [3.8, 4) is 5.75 Å². The van der Waals surface area contributed by atoms with Crippen molar-refractivity contribution >= 4 is 5.91 Å². The Kier molecular flexibility index (Phi) is 4.21. The van der Waals surface area contributed by atoms with Gasteiger partial charge in [0, 0.05) is 18.6 Å². The van der Waals surface area contributed by atoms with Crippen molar-refractivity contribution in [3.63, 3.8) is 0 Å². The van der Waals surface area contributed by atoms with E-state index >= 15 is 0 Å². The molecular weight excluding hydrogens is 252 g/mol. The number of carbonyl (C=O) groups is 1. The summed E-state index contributed by atoms with van der Waals surface area (Å²) < 4.78 is 5.59. The summed E-state index contributed by atoms with van der Waals surface area (Å²) >= 11 is 0. The zero-order chi connectivity index (χ0) is 13.8. The van der Waals surface area contributed by atoms with Crippen molar-refractivity contribution in [2.45, 2.75) is 50.7 Å². The lowest BCUT2D eigenvalue weighted by atomic mass is 10.2. The Labute approximate surface area is 119 Å². The van der Waals surface area contributed by atoms with Crippen LogP contribution in [-0.4, -0.2) is 24.6 Å². The fourth-order valence-electron chi connectivity index (χ4n) is 2.04. The van der Waals surface area contributed by atoms with E-state index in [0.717, 1.165) is 31.2 Å². The van der Waals surface area contributed by atoms with Gasteiger partial charge in [-0.25, -0.2) is 0 Å². The minimum atomic E-state index is 0.0951. The Morgan fingerprint density at radius 1 is 1.10 bits per heavy atom. The number of nitrogens with one attached hydrogen (secondary N) is 2. The molecule has 3 rings (SSSR count). The van der Waals surface area contributed by atoms with Crippen molar-refractivity contribution in [1.82, 2.24) is 10.6 Å². The van der Waals surface area contributed by atoms with Crippen LogP contribution in [0, 0.1) is 0 Å². The summed E-state index contributed by atoms with van der Waals surface area (Å²) in [4.78, 5) is 11.5. The molecule has 2 saturated carbocycles. The fraction of sp³-hybridized carbons (Fsp3) is 0.562. The van der Waals surface area contributed by atoms with Crippen molar-refractivity contribution in [1.29, 1.82) is 0 Å². The monoisotopic (exact) mass is 274 g/mol. The van der Waals surface area contributed by atoms with E-state index in [1.165, 1.54) is 18.4 Å². The number of hydrogen-bond acceptors (Lipinski definition) is 3. The fourth-order valence-corrected chi connectivity index (χ4v) is 2.04. The van der Waals surface area contributed by atoms with Gasteiger partial charge in [0.25, 0.3) is 0 Å². The highest BCUT2D eigenvalue weighted by molar-refractivity contribution is 5.76. The molecule has 4 heteroatoms. The molecule has 0 unspecified atom stereocenters. The van der Waals surface area contributed by atoms with Crippen molar-refractivity contribution in [3.05, 3.63) is 29.8 Å². The third-order valence-corrected chi connectivity index (χ3v) is 3.64. The second kappa shape index (κ2) is 6.27. The maximum absolute atomic E-state index is 11.5. The van der Waals surface area contributed by atoms with E-state index in [2.05, 4.69) is 22.8 Å². The molecule has 0 atom stereocenters. The van der Waals surface area contributed by atoms with E-state index < -0.39 is 0 Å². The quantitative estimate of drug-likeness (QED) is 0.762. The van der Waals surface area contributed by atoms with E-state index in [0.29, 0.717) is 19.1 Å². The molecule has 0 bridgehead atoms. The Bertz CT molecular complexity index is 450. The third kappa shape index (κ3) is 4.53. The van der Waals surface area contributed by atoms with Crippen LogP contribution in [-0.2, 0) is 11.3 Å². The molecule has 0 saturated heterocycles. The van der Waals surface area contributed by atoms with Crippen molar-refractivity contribution in [2.75, 3.05) is 6.61 Å². The highest BCUT2D eigenvalue weighted by Gasteiger charge is 2.22. The molecule has 2 fully saturated rings. The van der Waals surface area contributed by atoms with E-state index in [-0.39, 0.29) is 5.91 Å². The van der Waals surface area contributed by atoms with E-state index in [1.807, 2.05) is 12.1 Å². The first-order valence-electron chi connectivity index (χ1n) is 7.54. The van der Waals surface area contributed by atoms with Gasteiger partial charge in [-0.3, -0.25) is 4.79 Å². The molecule has 1 aromatic carbocycles. The summed E-state index contributed by atoms with van der Waals surface area (Å²) in [6, 6.07) is 9.27. The van der Waals surface area contributed by atoms with Gasteiger partial charge in [-0.2, -0.15) is 0 Å². The molecule has 20 heavy (non-hydrogen) atoms. The summed E-state index contributed by atoms with van der Waals surface area (Å²) in [5, 5.41) is 6.44. The number of hydrogen-bond donors (Lipinski definition) is 2. The zero-order valence-corrected chi connectivity index (χ0v) is 11.7. The van der Waals surface area contributed by atoms with Gasteiger partial charge in [0.05, 0.1) is 13.0 Å². The topological polar surface area (TPSA) is 50.4 Å². The second-order valence-electron chi connectivity index (χ2n) is 5.74. The van der Waals surface area contributed by atoms with Crippen LogP contribution in [0.25, 0.3) is 0 Å². The average Bonchev–Trinajstić information content (AvgIpc) is 3.33. The summed E-state index contributed by atoms with van der Waals surface area (Å²) in [6.45, 7) is 1.37. The molecule has 0 aromatic heterocycles. The zero-order valence-electron chi connectivity index (χ0n) is 11.7. The summed E-state index contributed by atoms with van der Waals surface area (Å²) in [7, 11) is 0. The summed E-state index contributed by atoms with van der Waals surface area (Å²) in [5.74, 6) is 0.928. The van der Waals surface area contributed by atoms with E-state index in [9.17, 15) is 4.79 Å².